The summed E-state index contributed by atoms with van der Waals surface area (Å²) >= 11 is 5.70. The van der Waals surface area contributed by atoms with Crippen molar-refractivity contribution in [2.75, 3.05) is 6.61 Å². The van der Waals surface area contributed by atoms with Gasteiger partial charge in [0, 0.05) is 5.02 Å². The molecule has 0 aliphatic carbocycles. The summed E-state index contributed by atoms with van der Waals surface area (Å²) in [6.07, 6.45) is 0. The summed E-state index contributed by atoms with van der Waals surface area (Å²) in [5, 5.41) is 8.52. The van der Waals surface area contributed by atoms with Gasteiger partial charge in [-0.1, -0.05) is 17.7 Å². The van der Waals surface area contributed by atoms with E-state index in [1.165, 1.54) is 31.2 Å². The lowest BCUT2D eigenvalue weighted by molar-refractivity contribution is -0.143. The summed E-state index contributed by atoms with van der Waals surface area (Å²) in [6.45, 7) is 0.893. The summed E-state index contributed by atoms with van der Waals surface area (Å²) < 4.78 is 30.5. The highest BCUT2D eigenvalue weighted by atomic mass is 35.5. The Morgan fingerprint density at radius 3 is 2.84 bits per heavy atom. The zero-order chi connectivity index (χ0) is 14.5. The Morgan fingerprint density at radius 1 is 1.58 bits per heavy atom. The Morgan fingerprint density at radius 2 is 2.26 bits per heavy atom. The second kappa shape index (κ2) is 6.52. The highest BCUT2D eigenvalue weighted by molar-refractivity contribution is 7.89. The maximum Gasteiger partial charge on any atom is 0.324 e. The molecule has 0 aliphatic rings. The van der Waals surface area contributed by atoms with Crippen molar-refractivity contribution >= 4 is 27.6 Å². The molecule has 0 unspecified atom stereocenters. The molecule has 1 rings (SSSR count). The van der Waals surface area contributed by atoms with E-state index < -0.39 is 28.6 Å². The first-order chi connectivity index (χ1) is 8.86. The molecule has 8 heteroatoms. The summed E-state index contributed by atoms with van der Waals surface area (Å²) in [4.78, 5) is 11.3. The van der Waals surface area contributed by atoms with Gasteiger partial charge in [0.25, 0.3) is 0 Å². The van der Waals surface area contributed by atoms with Crippen LogP contribution in [0.15, 0.2) is 29.2 Å². The molecule has 6 nitrogen and oxygen atoms in total. The molecule has 102 valence electrons. The van der Waals surface area contributed by atoms with Crippen LogP contribution in [0.4, 0.5) is 0 Å². The van der Waals surface area contributed by atoms with Gasteiger partial charge in [0.2, 0.25) is 10.0 Å². The Bertz CT molecular complexity index is 609. The van der Waals surface area contributed by atoms with E-state index in [1.807, 2.05) is 0 Å². The number of hydrogen-bond acceptors (Lipinski definition) is 5. The predicted molar refractivity (Wildman–Crippen MR) is 67.8 cm³/mol. The second-order valence-corrected chi connectivity index (χ2v) is 5.72. The Balaban J connectivity index is 2.81. The molecule has 0 spiro atoms. The molecule has 0 saturated carbocycles. The first kappa shape index (κ1) is 15.4. The second-order valence-electron chi connectivity index (χ2n) is 3.57. The van der Waals surface area contributed by atoms with Crippen molar-refractivity contribution in [3.63, 3.8) is 0 Å². The van der Waals surface area contributed by atoms with Crippen molar-refractivity contribution in [1.29, 1.82) is 5.26 Å². The van der Waals surface area contributed by atoms with Crippen LogP contribution in [0.5, 0.6) is 0 Å². The van der Waals surface area contributed by atoms with Crippen molar-refractivity contribution in [1.82, 2.24) is 4.72 Å². The van der Waals surface area contributed by atoms with E-state index in [1.54, 1.807) is 6.07 Å². The topological polar surface area (TPSA) is 96.3 Å². The fraction of sp³-hybridized carbons (Fsp3) is 0.273. The van der Waals surface area contributed by atoms with E-state index in [4.69, 9.17) is 16.9 Å². The van der Waals surface area contributed by atoms with Crippen molar-refractivity contribution in [3.05, 3.63) is 29.3 Å². The molecule has 0 radical (unpaired) electrons. The van der Waals surface area contributed by atoms with E-state index in [0.717, 1.165) is 0 Å². The minimum absolute atomic E-state index is 0.0556. The number of rotatable bonds is 5. The number of halogens is 1. The number of benzene rings is 1. The smallest absolute Gasteiger partial charge is 0.324 e. The lowest BCUT2D eigenvalue weighted by Gasteiger charge is -2.12. The molecule has 0 fully saturated rings. The van der Waals surface area contributed by atoms with E-state index in [2.05, 4.69) is 9.46 Å². The molecule has 1 atom stereocenters. The van der Waals surface area contributed by atoms with Crippen molar-refractivity contribution < 1.29 is 17.9 Å². The zero-order valence-corrected chi connectivity index (χ0v) is 11.5. The number of sulfonamides is 1. The Kier molecular flexibility index (Phi) is 5.30. The summed E-state index contributed by atoms with van der Waals surface area (Å²) in [5.74, 6) is -0.827. The molecular formula is C11H11ClN2O4S. The SMILES string of the molecule is C[C@H](NS(=O)(=O)c1cccc(Cl)c1)C(=O)OCC#N. The maximum absolute atomic E-state index is 11.9. The monoisotopic (exact) mass is 302 g/mol. The van der Waals surface area contributed by atoms with E-state index >= 15 is 0 Å². The molecular weight excluding hydrogens is 292 g/mol. The standard InChI is InChI=1S/C11H11ClN2O4S/c1-8(11(15)18-6-5-13)14-19(16,17)10-4-2-3-9(12)7-10/h2-4,7-8,14H,6H2,1H3/t8-/m0/s1. The Labute approximate surface area is 116 Å². The van der Waals surface area contributed by atoms with Crippen molar-refractivity contribution in [3.8, 4) is 6.07 Å². The third-order valence-corrected chi connectivity index (χ3v) is 3.84. The number of nitrogens with zero attached hydrogens (tertiary/aromatic N) is 1. The van der Waals surface area contributed by atoms with Crippen LogP contribution in [0.1, 0.15) is 6.92 Å². The highest BCUT2D eigenvalue weighted by Crippen LogP contribution is 2.15. The van der Waals surface area contributed by atoms with Gasteiger partial charge in [0.15, 0.2) is 6.61 Å². The molecule has 0 bridgehead atoms. The molecule has 0 amide bonds. The number of esters is 1. The van der Waals surface area contributed by atoms with E-state index in [0.29, 0.717) is 0 Å². The lowest BCUT2D eigenvalue weighted by atomic mass is 10.4. The number of nitriles is 1. The summed E-state index contributed by atoms with van der Waals surface area (Å²) in [7, 11) is -3.87. The maximum atomic E-state index is 11.9. The first-order valence-electron chi connectivity index (χ1n) is 5.18. The van der Waals surface area contributed by atoms with Crippen LogP contribution in [0.2, 0.25) is 5.02 Å². The number of carbonyl (C=O) groups excluding carboxylic acids is 1. The number of carbonyl (C=O) groups is 1. The summed E-state index contributed by atoms with van der Waals surface area (Å²) in [6, 6.07) is 6.14. The Hall–Kier alpha value is -1.62. The van der Waals surface area contributed by atoms with Crippen molar-refractivity contribution in [2.24, 2.45) is 0 Å². The molecule has 0 saturated heterocycles. The largest absolute Gasteiger partial charge is 0.449 e. The lowest BCUT2D eigenvalue weighted by Crippen LogP contribution is -2.39. The average molecular weight is 303 g/mol. The predicted octanol–water partition coefficient (Wildman–Crippen LogP) is 1.07. The average Bonchev–Trinajstić information content (AvgIpc) is 2.35. The summed E-state index contributed by atoms with van der Waals surface area (Å²) in [5.41, 5.74) is 0. The molecule has 1 aromatic carbocycles. The fourth-order valence-corrected chi connectivity index (χ4v) is 2.70. The van der Waals surface area contributed by atoms with Crippen LogP contribution in [0.3, 0.4) is 0 Å². The molecule has 0 aliphatic heterocycles. The molecule has 0 heterocycles. The van der Waals surface area contributed by atoms with Crippen LogP contribution in [-0.2, 0) is 19.6 Å². The first-order valence-corrected chi connectivity index (χ1v) is 7.04. The fourth-order valence-electron chi connectivity index (χ4n) is 1.21. The molecule has 1 aromatic rings. The van der Waals surface area contributed by atoms with Crippen molar-refractivity contribution in [2.45, 2.75) is 17.9 Å². The van der Waals surface area contributed by atoms with Crippen LogP contribution < -0.4 is 4.72 Å². The molecule has 0 aromatic heterocycles. The van der Waals surface area contributed by atoms with Crippen LogP contribution in [0, 0.1) is 11.3 Å². The molecule has 1 N–H and O–H groups in total. The zero-order valence-electron chi connectivity index (χ0n) is 9.96. The van der Waals surface area contributed by atoms with Gasteiger partial charge in [-0.2, -0.15) is 9.98 Å². The van der Waals surface area contributed by atoms with E-state index in [9.17, 15) is 13.2 Å². The van der Waals surface area contributed by atoms with Gasteiger partial charge in [0.1, 0.15) is 12.1 Å². The van der Waals surface area contributed by atoms with Gasteiger partial charge in [-0.25, -0.2) is 8.42 Å². The van der Waals surface area contributed by atoms with E-state index in [-0.39, 0.29) is 9.92 Å². The van der Waals surface area contributed by atoms with Gasteiger partial charge >= 0.3 is 5.97 Å². The van der Waals surface area contributed by atoms with Gasteiger partial charge in [-0.05, 0) is 25.1 Å². The van der Waals surface area contributed by atoms with Gasteiger partial charge in [-0.15, -0.1) is 0 Å². The van der Waals surface area contributed by atoms with Crippen LogP contribution >= 0.6 is 11.6 Å². The highest BCUT2D eigenvalue weighted by Gasteiger charge is 2.23. The third-order valence-electron chi connectivity index (χ3n) is 2.07. The van der Waals surface area contributed by atoms with Crippen LogP contribution in [-0.4, -0.2) is 27.0 Å². The molecule has 19 heavy (non-hydrogen) atoms. The quantitative estimate of drug-likeness (QED) is 0.821. The normalized spacial score (nSPS) is 12.5. The number of nitrogens with one attached hydrogen (secondary N) is 1. The number of hydrogen-bond donors (Lipinski definition) is 1. The third kappa shape index (κ3) is 4.52. The van der Waals surface area contributed by atoms with Gasteiger partial charge in [-0.3, -0.25) is 4.79 Å². The minimum atomic E-state index is -3.87. The van der Waals surface area contributed by atoms with Gasteiger partial charge in [0.05, 0.1) is 4.90 Å². The minimum Gasteiger partial charge on any atom is -0.449 e. The van der Waals surface area contributed by atoms with Gasteiger partial charge < -0.3 is 4.74 Å². The van der Waals surface area contributed by atoms with Crippen LogP contribution in [0.25, 0.3) is 0 Å². The number of ether oxygens (including phenoxy) is 1.